The average Bonchev–Trinajstić information content (AvgIpc) is 1.99. The van der Waals surface area contributed by atoms with Crippen molar-refractivity contribution in [1.82, 2.24) is 5.32 Å². The number of carbonyl (C=O) groups is 2. The molecule has 0 aliphatic carbocycles. The highest BCUT2D eigenvalue weighted by Crippen LogP contribution is 2.07. The predicted octanol–water partition coefficient (Wildman–Crippen LogP) is 1.25. The molecule has 0 saturated heterocycles. The third kappa shape index (κ3) is 5.64. The number of nitrogens with one attached hydrogen (secondary N) is 1. The van der Waals surface area contributed by atoms with Crippen LogP contribution in [0.2, 0.25) is 0 Å². The van der Waals surface area contributed by atoms with Crippen LogP contribution in [0.15, 0.2) is 0 Å². The highest BCUT2D eigenvalue weighted by Gasteiger charge is 2.22. The van der Waals surface area contributed by atoms with E-state index in [0.29, 0.717) is 0 Å². The van der Waals surface area contributed by atoms with Gasteiger partial charge in [0.05, 0.1) is 7.11 Å². The van der Waals surface area contributed by atoms with E-state index >= 15 is 0 Å². The molecule has 6 heteroatoms. The molecular formula is C8H14ClNO4. The Morgan fingerprint density at radius 1 is 1.36 bits per heavy atom. The molecular weight excluding hydrogens is 210 g/mol. The maximum Gasteiger partial charge on any atom is 0.409 e. The Morgan fingerprint density at radius 2 is 1.86 bits per heavy atom. The van der Waals surface area contributed by atoms with Gasteiger partial charge < -0.3 is 9.47 Å². The number of rotatable bonds is 2. The van der Waals surface area contributed by atoms with Crippen molar-refractivity contribution in [2.24, 2.45) is 0 Å². The van der Waals surface area contributed by atoms with Crippen molar-refractivity contribution in [2.45, 2.75) is 31.9 Å². The van der Waals surface area contributed by atoms with Crippen molar-refractivity contribution in [3.05, 3.63) is 0 Å². The minimum atomic E-state index is -1.23. The van der Waals surface area contributed by atoms with Gasteiger partial charge in [-0.2, -0.15) is 0 Å². The number of methoxy groups -OCH3 is 1. The molecule has 0 heterocycles. The molecule has 0 aromatic heterocycles. The summed E-state index contributed by atoms with van der Waals surface area (Å²) in [5.41, 5.74) is -1.86. The Hall–Kier alpha value is -0.970. The molecule has 0 saturated carbocycles. The van der Waals surface area contributed by atoms with Gasteiger partial charge in [-0.15, -0.1) is 0 Å². The van der Waals surface area contributed by atoms with Crippen LogP contribution in [0.1, 0.15) is 20.8 Å². The molecule has 14 heavy (non-hydrogen) atoms. The third-order valence-electron chi connectivity index (χ3n) is 1.05. The molecule has 1 unspecified atom stereocenters. The number of hydrogen-bond donors (Lipinski definition) is 1. The van der Waals surface area contributed by atoms with Crippen LogP contribution in [0.3, 0.4) is 0 Å². The molecule has 0 radical (unpaired) electrons. The van der Waals surface area contributed by atoms with Crippen molar-refractivity contribution in [1.29, 1.82) is 0 Å². The maximum absolute atomic E-state index is 11.1. The van der Waals surface area contributed by atoms with Gasteiger partial charge in [-0.1, -0.05) is 11.6 Å². The maximum atomic E-state index is 11.1. The summed E-state index contributed by atoms with van der Waals surface area (Å²) in [5, 5.41) is 2.12. The fourth-order valence-corrected chi connectivity index (χ4v) is 0.752. The molecule has 0 rings (SSSR count). The lowest BCUT2D eigenvalue weighted by atomic mass is 10.2. The topological polar surface area (TPSA) is 64.6 Å². The Kier molecular flexibility index (Phi) is 4.70. The molecule has 0 aromatic rings. The zero-order valence-corrected chi connectivity index (χ0v) is 9.34. The predicted molar refractivity (Wildman–Crippen MR) is 51.0 cm³/mol. The minimum absolute atomic E-state index is 0.628. The van der Waals surface area contributed by atoms with Crippen LogP contribution in [0, 0.1) is 0 Å². The first kappa shape index (κ1) is 13.0. The largest absolute Gasteiger partial charge is 0.467 e. The van der Waals surface area contributed by atoms with Crippen LogP contribution in [-0.4, -0.2) is 30.3 Å². The molecule has 0 spiro atoms. The minimum Gasteiger partial charge on any atom is -0.467 e. The monoisotopic (exact) mass is 223 g/mol. The molecule has 0 aromatic carbocycles. The Morgan fingerprint density at radius 3 is 2.21 bits per heavy atom. The van der Waals surface area contributed by atoms with E-state index in [4.69, 9.17) is 16.3 Å². The van der Waals surface area contributed by atoms with Gasteiger partial charge in [-0.3, -0.25) is 5.32 Å². The Labute approximate surface area is 87.7 Å². The van der Waals surface area contributed by atoms with Gasteiger partial charge in [0.2, 0.25) is 5.50 Å². The summed E-state index contributed by atoms with van der Waals surface area (Å²) in [4.78, 5) is 21.9. The molecule has 1 amide bonds. The summed E-state index contributed by atoms with van der Waals surface area (Å²) < 4.78 is 9.16. The van der Waals surface area contributed by atoms with Gasteiger partial charge in [0, 0.05) is 0 Å². The Balaban J connectivity index is 4.01. The van der Waals surface area contributed by atoms with E-state index in [1.54, 1.807) is 20.8 Å². The number of alkyl carbamates (subject to hydrolysis) is 1. The van der Waals surface area contributed by atoms with E-state index in [-0.39, 0.29) is 0 Å². The second kappa shape index (κ2) is 5.05. The number of carbonyl (C=O) groups excluding carboxylic acids is 2. The zero-order valence-electron chi connectivity index (χ0n) is 8.59. The summed E-state index contributed by atoms with van der Waals surface area (Å²) in [7, 11) is 1.18. The molecule has 82 valence electrons. The first-order chi connectivity index (χ1) is 6.26. The van der Waals surface area contributed by atoms with Crippen LogP contribution < -0.4 is 5.32 Å². The lowest BCUT2D eigenvalue weighted by molar-refractivity contribution is -0.140. The summed E-state index contributed by atoms with van der Waals surface area (Å²) >= 11 is 5.47. The second-order valence-corrected chi connectivity index (χ2v) is 3.97. The van der Waals surface area contributed by atoms with E-state index in [2.05, 4.69) is 10.1 Å². The summed E-state index contributed by atoms with van der Waals surface area (Å²) in [6.45, 7) is 5.11. The quantitative estimate of drug-likeness (QED) is 0.435. The van der Waals surface area contributed by atoms with Gasteiger partial charge >= 0.3 is 12.1 Å². The molecule has 5 nitrogen and oxygen atoms in total. The first-order valence-corrected chi connectivity index (χ1v) is 4.41. The number of hydrogen-bond acceptors (Lipinski definition) is 4. The first-order valence-electron chi connectivity index (χ1n) is 3.97. The van der Waals surface area contributed by atoms with Crippen LogP contribution in [-0.2, 0) is 14.3 Å². The second-order valence-electron chi connectivity index (χ2n) is 3.53. The van der Waals surface area contributed by atoms with Gasteiger partial charge in [-0.05, 0) is 20.8 Å². The van der Waals surface area contributed by atoms with E-state index in [9.17, 15) is 9.59 Å². The zero-order chi connectivity index (χ0) is 11.4. The van der Waals surface area contributed by atoms with E-state index in [1.807, 2.05) is 0 Å². The molecule has 0 bridgehead atoms. The van der Waals surface area contributed by atoms with E-state index in [1.165, 1.54) is 7.11 Å². The number of halogens is 1. The highest BCUT2D eigenvalue weighted by molar-refractivity contribution is 6.30. The number of ether oxygens (including phenoxy) is 2. The lowest BCUT2D eigenvalue weighted by Gasteiger charge is -2.20. The molecule has 1 N–H and O–H groups in total. The van der Waals surface area contributed by atoms with Crippen LogP contribution in [0.4, 0.5) is 4.79 Å². The van der Waals surface area contributed by atoms with Crippen molar-refractivity contribution in [2.75, 3.05) is 7.11 Å². The highest BCUT2D eigenvalue weighted by atomic mass is 35.5. The standard InChI is InChI=1S/C8H14ClNO4/c1-8(2,3)14-7(12)10-5(9)6(11)13-4/h5H,1-4H3,(H,10,12). The summed E-state index contributed by atoms with van der Waals surface area (Å²) in [5.74, 6) is -0.738. The van der Waals surface area contributed by atoms with Gasteiger partial charge in [-0.25, -0.2) is 9.59 Å². The van der Waals surface area contributed by atoms with E-state index in [0.717, 1.165) is 0 Å². The van der Waals surface area contributed by atoms with Gasteiger partial charge in [0.25, 0.3) is 0 Å². The fraction of sp³-hybridized carbons (Fsp3) is 0.750. The molecule has 1 atom stereocenters. The SMILES string of the molecule is COC(=O)C(Cl)NC(=O)OC(C)(C)C. The molecule has 0 aliphatic rings. The van der Waals surface area contributed by atoms with Gasteiger partial charge in [0.1, 0.15) is 5.60 Å². The van der Waals surface area contributed by atoms with Crippen molar-refractivity contribution in [3.63, 3.8) is 0 Å². The summed E-state index contributed by atoms with van der Waals surface area (Å²) in [6, 6.07) is 0. The van der Waals surface area contributed by atoms with Crippen LogP contribution >= 0.6 is 11.6 Å². The van der Waals surface area contributed by atoms with Crippen LogP contribution in [0.5, 0.6) is 0 Å². The van der Waals surface area contributed by atoms with Crippen molar-refractivity contribution in [3.8, 4) is 0 Å². The van der Waals surface area contributed by atoms with Crippen LogP contribution in [0.25, 0.3) is 0 Å². The summed E-state index contributed by atoms with van der Waals surface area (Å²) in [6.07, 6.45) is -0.761. The lowest BCUT2D eigenvalue weighted by Crippen LogP contribution is -2.40. The Bertz CT molecular complexity index is 224. The fourth-order valence-electron chi connectivity index (χ4n) is 0.573. The normalized spacial score (nSPS) is 12.9. The average molecular weight is 224 g/mol. The number of amides is 1. The number of alkyl halides is 1. The molecule has 0 fully saturated rings. The van der Waals surface area contributed by atoms with E-state index < -0.39 is 23.2 Å². The third-order valence-corrected chi connectivity index (χ3v) is 1.34. The number of esters is 1. The molecule has 0 aliphatic heterocycles. The van der Waals surface area contributed by atoms with Gasteiger partial charge in [0.15, 0.2) is 0 Å². The van der Waals surface area contributed by atoms with Crippen molar-refractivity contribution >= 4 is 23.7 Å². The van der Waals surface area contributed by atoms with Crippen molar-refractivity contribution < 1.29 is 19.1 Å². The smallest absolute Gasteiger partial charge is 0.409 e.